The minimum absolute atomic E-state index is 0.0884. The van der Waals surface area contributed by atoms with Gasteiger partial charge in [0.2, 0.25) is 0 Å². The van der Waals surface area contributed by atoms with E-state index < -0.39 is 5.97 Å². The fraction of sp³-hybridized carbons (Fsp3) is 0.609. The predicted octanol–water partition coefficient (Wildman–Crippen LogP) is 3.97. The van der Waals surface area contributed by atoms with Crippen LogP contribution in [0.5, 0.6) is 5.75 Å². The molecule has 0 atom stereocenters. The Balaban J connectivity index is 1.53. The molecule has 0 N–H and O–H groups in total. The summed E-state index contributed by atoms with van der Waals surface area (Å²) in [6.07, 6.45) is 11.3. The van der Waals surface area contributed by atoms with Gasteiger partial charge in [0.1, 0.15) is 11.8 Å². The Labute approximate surface area is 172 Å². The zero-order valence-electron chi connectivity index (χ0n) is 17.0. The van der Waals surface area contributed by atoms with Crippen LogP contribution in [-0.2, 0) is 14.3 Å². The normalized spacial score (nSPS) is 17.9. The molecule has 0 saturated heterocycles. The first-order valence-electron chi connectivity index (χ1n) is 10.8. The van der Waals surface area contributed by atoms with Crippen LogP contribution in [0.2, 0.25) is 0 Å². The Bertz CT molecular complexity index is 713. The maximum Gasteiger partial charge on any atom is 0.344 e. The molecule has 2 fully saturated rings. The molecule has 156 valence electrons. The van der Waals surface area contributed by atoms with Crippen molar-refractivity contribution < 1.29 is 19.1 Å². The lowest BCUT2D eigenvalue weighted by Crippen LogP contribution is -2.50. The zero-order valence-corrected chi connectivity index (χ0v) is 17.0. The standard InChI is InChI=1S/C23H30N2O4/c24-15-18-9-7-8-14-21(18)28-17-23(27)29-16-22(26)25(19-10-3-1-4-11-19)20-12-5-2-6-13-20/h7-9,14,19-20H,1-6,10-13,16-17H2. The van der Waals surface area contributed by atoms with Gasteiger partial charge in [-0.2, -0.15) is 5.26 Å². The average Bonchev–Trinajstić information content (AvgIpc) is 2.78. The molecule has 0 unspecified atom stereocenters. The Morgan fingerprint density at radius 1 is 0.931 bits per heavy atom. The highest BCUT2D eigenvalue weighted by Crippen LogP contribution is 2.30. The maximum absolute atomic E-state index is 13.0. The zero-order chi connectivity index (χ0) is 20.5. The summed E-state index contributed by atoms with van der Waals surface area (Å²) in [6, 6.07) is 9.28. The van der Waals surface area contributed by atoms with E-state index in [0.717, 1.165) is 51.4 Å². The molecule has 0 aliphatic heterocycles. The van der Waals surface area contributed by atoms with Crippen molar-refractivity contribution in [1.29, 1.82) is 5.26 Å². The first-order valence-corrected chi connectivity index (χ1v) is 10.8. The third-order valence-electron chi connectivity index (χ3n) is 5.93. The average molecular weight is 399 g/mol. The van der Waals surface area contributed by atoms with Crippen LogP contribution in [0.3, 0.4) is 0 Å². The molecule has 1 aromatic carbocycles. The van der Waals surface area contributed by atoms with Gasteiger partial charge in [-0.15, -0.1) is 0 Å². The quantitative estimate of drug-likeness (QED) is 0.649. The Kier molecular flexibility index (Phi) is 7.92. The Morgan fingerprint density at radius 3 is 2.10 bits per heavy atom. The molecular weight excluding hydrogens is 368 g/mol. The van der Waals surface area contributed by atoms with Gasteiger partial charge in [-0.1, -0.05) is 50.7 Å². The van der Waals surface area contributed by atoms with Crippen LogP contribution in [0.25, 0.3) is 0 Å². The number of benzene rings is 1. The topological polar surface area (TPSA) is 79.6 Å². The van der Waals surface area contributed by atoms with Crippen LogP contribution in [0.4, 0.5) is 0 Å². The minimum Gasteiger partial charge on any atom is -0.481 e. The molecule has 2 saturated carbocycles. The number of para-hydroxylation sites is 1. The third-order valence-corrected chi connectivity index (χ3v) is 5.93. The van der Waals surface area contributed by atoms with Crippen molar-refractivity contribution in [1.82, 2.24) is 4.90 Å². The number of amides is 1. The lowest BCUT2D eigenvalue weighted by molar-refractivity contribution is -0.156. The number of nitriles is 1. The molecular formula is C23H30N2O4. The molecule has 6 nitrogen and oxygen atoms in total. The van der Waals surface area contributed by atoms with Gasteiger partial charge in [0.25, 0.3) is 5.91 Å². The van der Waals surface area contributed by atoms with Gasteiger partial charge < -0.3 is 14.4 Å². The van der Waals surface area contributed by atoms with Gasteiger partial charge in [-0.3, -0.25) is 4.79 Å². The number of hydrogen-bond acceptors (Lipinski definition) is 5. The second-order valence-corrected chi connectivity index (χ2v) is 7.94. The molecule has 3 rings (SSSR count). The highest BCUT2D eigenvalue weighted by atomic mass is 16.6. The number of rotatable bonds is 7. The van der Waals surface area contributed by atoms with Gasteiger partial charge in [0.05, 0.1) is 5.56 Å². The van der Waals surface area contributed by atoms with Crippen molar-refractivity contribution in [2.75, 3.05) is 13.2 Å². The van der Waals surface area contributed by atoms with Gasteiger partial charge in [0.15, 0.2) is 13.2 Å². The molecule has 0 aromatic heterocycles. The minimum atomic E-state index is -0.599. The molecule has 1 aromatic rings. The summed E-state index contributed by atoms with van der Waals surface area (Å²) < 4.78 is 10.6. The number of carbonyl (C=O) groups is 2. The van der Waals surface area contributed by atoms with Gasteiger partial charge in [-0.25, -0.2) is 4.79 Å². The Hall–Kier alpha value is -2.55. The number of hydrogen-bond donors (Lipinski definition) is 0. The summed E-state index contributed by atoms with van der Waals surface area (Å²) >= 11 is 0. The fourth-order valence-corrected chi connectivity index (χ4v) is 4.50. The summed E-state index contributed by atoms with van der Waals surface area (Å²) in [7, 11) is 0. The number of nitrogens with zero attached hydrogens (tertiary/aromatic N) is 2. The van der Waals surface area contributed by atoms with Crippen molar-refractivity contribution in [3.05, 3.63) is 29.8 Å². The Morgan fingerprint density at radius 2 is 1.52 bits per heavy atom. The van der Waals surface area contributed by atoms with E-state index in [1.54, 1.807) is 24.3 Å². The second-order valence-electron chi connectivity index (χ2n) is 7.94. The number of ether oxygens (including phenoxy) is 2. The van der Waals surface area contributed by atoms with E-state index in [0.29, 0.717) is 11.3 Å². The third kappa shape index (κ3) is 5.96. The summed E-state index contributed by atoms with van der Waals surface area (Å²) in [6.45, 7) is -0.562. The largest absolute Gasteiger partial charge is 0.481 e. The van der Waals surface area contributed by atoms with Crippen molar-refractivity contribution in [2.24, 2.45) is 0 Å². The van der Waals surface area contributed by atoms with E-state index >= 15 is 0 Å². The smallest absolute Gasteiger partial charge is 0.344 e. The molecule has 6 heteroatoms. The molecule has 0 spiro atoms. The number of esters is 1. The molecule has 1 amide bonds. The van der Waals surface area contributed by atoms with Gasteiger partial charge in [0, 0.05) is 12.1 Å². The molecule has 29 heavy (non-hydrogen) atoms. The van der Waals surface area contributed by atoms with Crippen LogP contribution in [-0.4, -0.2) is 42.1 Å². The van der Waals surface area contributed by atoms with E-state index in [4.69, 9.17) is 14.7 Å². The van der Waals surface area contributed by atoms with Gasteiger partial charge >= 0.3 is 5.97 Å². The van der Waals surface area contributed by atoms with Crippen LogP contribution >= 0.6 is 0 Å². The molecule has 0 heterocycles. The molecule has 2 aliphatic rings. The van der Waals surface area contributed by atoms with E-state index in [1.165, 1.54) is 12.8 Å². The lowest BCUT2D eigenvalue weighted by Gasteiger charge is -2.41. The second kappa shape index (κ2) is 10.8. The summed E-state index contributed by atoms with van der Waals surface area (Å²) in [4.78, 5) is 27.1. The monoisotopic (exact) mass is 398 g/mol. The van der Waals surface area contributed by atoms with Crippen LogP contribution in [0, 0.1) is 11.3 Å². The van der Waals surface area contributed by atoms with E-state index in [9.17, 15) is 9.59 Å². The van der Waals surface area contributed by atoms with E-state index in [2.05, 4.69) is 0 Å². The highest BCUT2D eigenvalue weighted by Gasteiger charge is 2.32. The van der Waals surface area contributed by atoms with Crippen LogP contribution in [0.15, 0.2) is 24.3 Å². The van der Waals surface area contributed by atoms with Crippen molar-refractivity contribution >= 4 is 11.9 Å². The first-order chi connectivity index (χ1) is 14.2. The maximum atomic E-state index is 13.0. The van der Waals surface area contributed by atoms with Crippen molar-refractivity contribution in [3.8, 4) is 11.8 Å². The van der Waals surface area contributed by atoms with Crippen molar-refractivity contribution in [2.45, 2.75) is 76.3 Å². The van der Waals surface area contributed by atoms with Crippen LogP contribution < -0.4 is 4.74 Å². The first kappa shape index (κ1) is 21.2. The summed E-state index contributed by atoms with van der Waals surface area (Å²) in [5.74, 6) is -0.350. The van der Waals surface area contributed by atoms with Crippen LogP contribution in [0.1, 0.15) is 69.8 Å². The predicted molar refractivity (Wildman–Crippen MR) is 108 cm³/mol. The van der Waals surface area contributed by atoms with E-state index in [-0.39, 0.29) is 31.2 Å². The van der Waals surface area contributed by atoms with E-state index in [1.807, 2.05) is 11.0 Å². The van der Waals surface area contributed by atoms with Gasteiger partial charge in [-0.05, 0) is 37.8 Å². The lowest BCUT2D eigenvalue weighted by atomic mass is 9.88. The SMILES string of the molecule is N#Cc1ccccc1OCC(=O)OCC(=O)N(C1CCCCC1)C1CCCCC1. The summed E-state index contributed by atoms with van der Waals surface area (Å²) in [5, 5.41) is 9.07. The number of carbonyl (C=O) groups excluding carboxylic acids is 2. The molecule has 2 aliphatic carbocycles. The summed E-state index contributed by atoms with van der Waals surface area (Å²) in [5.41, 5.74) is 0.358. The molecule has 0 bridgehead atoms. The highest BCUT2D eigenvalue weighted by molar-refractivity contribution is 5.81. The molecule has 0 radical (unpaired) electrons. The van der Waals surface area contributed by atoms with Crippen molar-refractivity contribution in [3.63, 3.8) is 0 Å². The fourth-order valence-electron chi connectivity index (χ4n) is 4.50.